The summed E-state index contributed by atoms with van der Waals surface area (Å²) < 4.78 is 1.79. The molecule has 0 spiro atoms. The van der Waals surface area contributed by atoms with Crippen molar-refractivity contribution in [2.24, 2.45) is 0 Å². The molecular weight excluding hydrogens is 268 g/mol. The van der Waals surface area contributed by atoms with E-state index in [0.717, 1.165) is 35.8 Å². The highest BCUT2D eigenvalue weighted by atomic mass is 16.3. The second-order valence-corrected chi connectivity index (χ2v) is 5.67. The second kappa shape index (κ2) is 4.66. The fraction of sp³-hybridized carbons (Fsp3) is 0.400. The predicted octanol–water partition coefficient (Wildman–Crippen LogP) is 1.75. The summed E-state index contributed by atoms with van der Waals surface area (Å²) >= 11 is 0. The topological polar surface area (TPSA) is 83.8 Å². The van der Waals surface area contributed by atoms with Crippen LogP contribution in [0.15, 0.2) is 29.5 Å². The van der Waals surface area contributed by atoms with E-state index < -0.39 is 0 Å². The highest BCUT2D eigenvalue weighted by Gasteiger charge is 2.24. The maximum atomic E-state index is 12.4. The Hall–Kier alpha value is -2.21. The third-order valence-corrected chi connectivity index (χ3v) is 4.32. The van der Waals surface area contributed by atoms with Crippen LogP contribution in [0.5, 0.6) is 0 Å². The molecule has 21 heavy (non-hydrogen) atoms. The van der Waals surface area contributed by atoms with E-state index in [1.807, 2.05) is 12.3 Å². The molecule has 0 radical (unpaired) electrons. The maximum absolute atomic E-state index is 12.4. The molecule has 0 bridgehead atoms. The number of aromatic amines is 1. The van der Waals surface area contributed by atoms with Gasteiger partial charge in [-0.05, 0) is 31.7 Å². The molecule has 3 heterocycles. The van der Waals surface area contributed by atoms with Crippen LogP contribution in [0.3, 0.4) is 0 Å². The van der Waals surface area contributed by atoms with Crippen molar-refractivity contribution in [2.75, 3.05) is 0 Å². The number of rotatable bonds is 1. The van der Waals surface area contributed by atoms with Crippen LogP contribution in [-0.2, 0) is 0 Å². The molecule has 0 amide bonds. The Bertz CT molecular complexity index is 867. The Balaban J connectivity index is 2.03. The summed E-state index contributed by atoms with van der Waals surface area (Å²) in [5, 5.41) is 10.8. The van der Waals surface area contributed by atoms with Crippen molar-refractivity contribution in [1.82, 2.24) is 19.5 Å². The van der Waals surface area contributed by atoms with Gasteiger partial charge in [0.1, 0.15) is 11.2 Å². The van der Waals surface area contributed by atoms with Crippen molar-refractivity contribution in [3.8, 4) is 0 Å². The first kappa shape index (κ1) is 12.5. The molecule has 4 rings (SSSR count). The molecule has 1 saturated carbocycles. The van der Waals surface area contributed by atoms with E-state index in [1.54, 1.807) is 10.8 Å². The zero-order chi connectivity index (χ0) is 14.4. The van der Waals surface area contributed by atoms with E-state index >= 15 is 0 Å². The predicted molar refractivity (Wildman–Crippen MR) is 79.2 cm³/mol. The van der Waals surface area contributed by atoms with Gasteiger partial charge in [0, 0.05) is 17.6 Å². The SMILES string of the molecule is O=c1cnc2cnc3[nH]ccc3c2n1C1CCCC(O)C1. The molecule has 0 aromatic carbocycles. The van der Waals surface area contributed by atoms with Gasteiger partial charge in [-0.3, -0.25) is 4.79 Å². The number of hydrogen-bond acceptors (Lipinski definition) is 4. The van der Waals surface area contributed by atoms with Gasteiger partial charge in [-0.15, -0.1) is 0 Å². The molecule has 0 aliphatic heterocycles. The van der Waals surface area contributed by atoms with Crippen LogP contribution in [0, 0.1) is 0 Å². The van der Waals surface area contributed by atoms with Crippen LogP contribution in [0.4, 0.5) is 0 Å². The number of aliphatic hydroxyl groups is 1. The molecule has 3 aromatic heterocycles. The molecule has 2 unspecified atom stereocenters. The Morgan fingerprint density at radius 1 is 1.29 bits per heavy atom. The van der Waals surface area contributed by atoms with E-state index in [9.17, 15) is 9.90 Å². The van der Waals surface area contributed by atoms with Gasteiger partial charge in [0.25, 0.3) is 5.56 Å². The Kier molecular flexibility index (Phi) is 2.78. The molecule has 0 saturated heterocycles. The van der Waals surface area contributed by atoms with Crippen LogP contribution >= 0.6 is 0 Å². The average molecular weight is 284 g/mol. The average Bonchev–Trinajstić information content (AvgIpc) is 2.95. The number of pyridine rings is 1. The maximum Gasteiger partial charge on any atom is 0.269 e. The van der Waals surface area contributed by atoms with E-state index in [4.69, 9.17) is 0 Å². The van der Waals surface area contributed by atoms with Crippen LogP contribution in [0.2, 0.25) is 0 Å². The summed E-state index contributed by atoms with van der Waals surface area (Å²) in [4.78, 5) is 24.0. The van der Waals surface area contributed by atoms with Gasteiger partial charge in [-0.25, -0.2) is 9.97 Å². The molecule has 2 atom stereocenters. The van der Waals surface area contributed by atoms with Crippen molar-refractivity contribution in [1.29, 1.82) is 0 Å². The molecule has 1 fully saturated rings. The molecular formula is C15H16N4O2. The van der Waals surface area contributed by atoms with E-state index in [2.05, 4.69) is 15.0 Å². The lowest BCUT2D eigenvalue weighted by Gasteiger charge is -2.28. The van der Waals surface area contributed by atoms with Crippen molar-refractivity contribution in [3.63, 3.8) is 0 Å². The summed E-state index contributed by atoms with van der Waals surface area (Å²) in [6.45, 7) is 0. The van der Waals surface area contributed by atoms with Crippen molar-refractivity contribution in [3.05, 3.63) is 35.0 Å². The van der Waals surface area contributed by atoms with Gasteiger partial charge in [0.15, 0.2) is 0 Å². The Morgan fingerprint density at radius 2 is 2.19 bits per heavy atom. The molecule has 3 aromatic rings. The fourth-order valence-corrected chi connectivity index (χ4v) is 3.36. The van der Waals surface area contributed by atoms with Crippen LogP contribution in [0.1, 0.15) is 31.7 Å². The van der Waals surface area contributed by atoms with Gasteiger partial charge in [0.2, 0.25) is 0 Å². The van der Waals surface area contributed by atoms with Gasteiger partial charge < -0.3 is 14.7 Å². The molecule has 2 N–H and O–H groups in total. The Morgan fingerprint density at radius 3 is 3.05 bits per heavy atom. The highest BCUT2D eigenvalue weighted by molar-refractivity contribution is 6.00. The molecule has 6 nitrogen and oxygen atoms in total. The molecule has 108 valence electrons. The zero-order valence-electron chi connectivity index (χ0n) is 11.5. The first-order valence-electron chi connectivity index (χ1n) is 7.25. The smallest absolute Gasteiger partial charge is 0.269 e. The van der Waals surface area contributed by atoms with Crippen molar-refractivity contribution in [2.45, 2.75) is 37.8 Å². The number of aromatic nitrogens is 4. The largest absolute Gasteiger partial charge is 0.393 e. The second-order valence-electron chi connectivity index (χ2n) is 5.67. The van der Waals surface area contributed by atoms with Crippen LogP contribution in [0.25, 0.3) is 22.1 Å². The summed E-state index contributed by atoms with van der Waals surface area (Å²) in [7, 11) is 0. The van der Waals surface area contributed by atoms with Crippen molar-refractivity contribution >= 4 is 22.1 Å². The lowest BCUT2D eigenvalue weighted by Crippen LogP contribution is -2.30. The minimum Gasteiger partial charge on any atom is -0.393 e. The summed E-state index contributed by atoms with van der Waals surface area (Å²) in [6.07, 6.45) is 7.79. The molecule has 1 aliphatic carbocycles. The number of H-pyrrole nitrogens is 1. The molecule has 6 heteroatoms. The number of nitrogens with zero attached hydrogens (tertiary/aromatic N) is 3. The number of fused-ring (bicyclic) bond motifs is 3. The number of nitrogens with one attached hydrogen (secondary N) is 1. The van der Waals surface area contributed by atoms with Gasteiger partial charge in [0.05, 0.1) is 24.0 Å². The normalized spacial score (nSPS) is 22.9. The highest BCUT2D eigenvalue weighted by Crippen LogP contribution is 2.31. The summed E-state index contributed by atoms with van der Waals surface area (Å²) in [5.74, 6) is 0. The lowest BCUT2D eigenvalue weighted by molar-refractivity contribution is 0.104. The van der Waals surface area contributed by atoms with Gasteiger partial charge in [-0.2, -0.15) is 0 Å². The quantitative estimate of drug-likeness (QED) is 0.713. The van der Waals surface area contributed by atoms with E-state index in [0.29, 0.717) is 11.9 Å². The fourth-order valence-electron chi connectivity index (χ4n) is 3.36. The van der Waals surface area contributed by atoms with E-state index in [1.165, 1.54) is 6.20 Å². The van der Waals surface area contributed by atoms with E-state index in [-0.39, 0.29) is 17.7 Å². The van der Waals surface area contributed by atoms with Gasteiger partial charge >= 0.3 is 0 Å². The minimum absolute atomic E-state index is 0.0206. The molecule has 1 aliphatic rings. The van der Waals surface area contributed by atoms with Crippen molar-refractivity contribution < 1.29 is 5.11 Å². The minimum atomic E-state index is -0.331. The van der Waals surface area contributed by atoms with Crippen LogP contribution in [-0.4, -0.2) is 30.7 Å². The monoisotopic (exact) mass is 284 g/mol. The van der Waals surface area contributed by atoms with Crippen LogP contribution < -0.4 is 5.56 Å². The number of hydrogen-bond donors (Lipinski definition) is 2. The first-order chi connectivity index (χ1) is 10.2. The Labute approximate surface area is 120 Å². The third kappa shape index (κ3) is 1.94. The number of aliphatic hydroxyl groups excluding tert-OH is 1. The standard InChI is InChI=1S/C15H16N4O2/c20-10-3-1-2-9(6-10)19-13(21)8-17-12-7-18-15-11(14(12)19)4-5-16-15/h4-5,7-10,20H,1-3,6H2,(H,16,18). The summed E-state index contributed by atoms with van der Waals surface area (Å²) in [6, 6.07) is 1.94. The zero-order valence-corrected chi connectivity index (χ0v) is 11.5. The third-order valence-electron chi connectivity index (χ3n) is 4.32. The van der Waals surface area contributed by atoms with Gasteiger partial charge in [-0.1, -0.05) is 0 Å². The lowest BCUT2D eigenvalue weighted by atomic mass is 9.92. The first-order valence-corrected chi connectivity index (χ1v) is 7.25. The summed E-state index contributed by atoms with van der Waals surface area (Å²) in [5.41, 5.74) is 2.16.